The summed E-state index contributed by atoms with van der Waals surface area (Å²) in [5.41, 5.74) is 19.9. The topological polar surface area (TPSA) is 17.4 Å². The van der Waals surface area contributed by atoms with Crippen molar-refractivity contribution in [2.24, 2.45) is 0 Å². The monoisotopic (exact) mass is 892 g/mol. The Hall–Kier alpha value is -9.18. The molecular formula is C67H44N2O. The predicted octanol–water partition coefficient (Wildman–Crippen LogP) is 17.7. The molecule has 0 amide bonds. The lowest BCUT2D eigenvalue weighted by atomic mass is 9.60. The molecule has 0 fully saturated rings. The zero-order chi connectivity index (χ0) is 46.2. The van der Waals surface area contributed by atoms with Gasteiger partial charge in [0.2, 0.25) is 0 Å². The lowest BCUT2D eigenvalue weighted by molar-refractivity contribution is 0.434. The van der Waals surface area contributed by atoms with Crippen molar-refractivity contribution >= 4 is 38.9 Å². The molecule has 1 aromatic heterocycles. The van der Waals surface area contributed by atoms with Gasteiger partial charge < -0.3 is 14.2 Å². The second-order valence-corrected chi connectivity index (χ2v) is 18.3. The normalized spacial score (nSPS) is 13.1. The van der Waals surface area contributed by atoms with E-state index >= 15 is 0 Å². The van der Waals surface area contributed by atoms with Gasteiger partial charge in [-0.2, -0.15) is 0 Å². The van der Waals surface area contributed by atoms with E-state index in [-0.39, 0.29) is 0 Å². The summed E-state index contributed by atoms with van der Waals surface area (Å²) in [6.45, 7) is 0. The summed E-state index contributed by atoms with van der Waals surface area (Å²) in [5.74, 6) is 1.70. The molecule has 0 aliphatic carbocycles. The van der Waals surface area contributed by atoms with Gasteiger partial charge in [0, 0.05) is 27.6 Å². The number of hydrogen-bond donors (Lipinski definition) is 0. The molecule has 0 saturated carbocycles. The average Bonchev–Trinajstić information content (AvgIpc) is 3.78. The SMILES string of the molecule is c1ccc(-c2ccccc2-c2ccc3c(c2)C2(c4ccccc4Oc4ccccc42)c2cc(-c4ccccc4-c4ccccc4)ccc2N3c2cccc3c4ccccc4n(-c4ccccc4)c23)cc1. The smallest absolute Gasteiger partial charge is 0.132 e. The molecule has 2 aliphatic heterocycles. The molecule has 0 unspecified atom stereocenters. The van der Waals surface area contributed by atoms with E-state index in [0.717, 1.165) is 67.5 Å². The summed E-state index contributed by atoms with van der Waals surface area (Å²) in [7, 11) is 0. The van der Waals surface area contributed by atoms with Crippen molar-refractivity contribution in [1.29, 1.82) is 0 Å². The van der Waals surface area contributed by atoms with Gasteiger partial charge in [0.25, 0.3) is 0 Å². The molecular weight excluding hydrogens is 849 g/mol. The fourth-order valence-corrected chi connectivity index (χ4v) is 11.7. The summed E-state index contributed by atoms with van der Waals surface area (Å²) in [4.78, 5) is 2.55. The summed E-state index contributed by atoms with van der Waals surface area (Å²) < 4.78 is 9.43. The maximum Gasteiger partial charge on any atom is 0.132 e. The third-order valence-corrected chi connectivity index (χ3v) is 14.7. The van der Waals surface area contributed by atoms with Crippen molar-refractivity contribution in [3.63, 3.8) is 0 Å². The van der Waals surface area contributed by atoms with Crippen LogP contribution in [0.1, 0.15) is 22.3 Å². The van der Waals surface area contributed by atoms with Crippen LogP contribution < -0.4 is 9.64 Å². The van der Waals surface area contributed by atoms with Gasteiger partial charge in [-0.15, -0.1) is 0 Å². The van der Waals surface area contributed by atoms with Crippen molar-refractivity contribution in [2.45, 2.75) is 5.41 Å². The van der Waals surface area contributed by atoms with Crippen LogP contribution >= 0.6 is 0 Å². The van der Waals surface area contributed by atoms with Crippen molar-refractivity contribution in [3.8, 4) is 61.7 Å². The minimum atomic E-state index is -0.817. The van der Waals surface area contributed by atoms with Gasteiger partial charge in [-0.25, -0.2) is 0 Å². The van der Waals surface area contributed by atoms with E-state index in [1.54, 1.807) is 0 Å². The first-order valence-electron chi connectivity index (χ1n) is 24.1. The number of aromatic nitrogens is 1. The van der Waals surface area contributed by atoms with E-state index < -0.39 is 5.41 Å². The van der Waals surface area contributed by atoms with E-state index in [1.165, 1.54) is 55.3 Å². The van der Waals surface area contributed by atoms with Gasteiger partial charge in [-0.3, -0.25) is 0 Å². The zero-order valence-corrected chi connectivity index (χ0v) is 38.2. The lowest BCUT2D eigenvalue weighted by Gasteiger charge is -2.49. The first kappa shape index (κ1) is 39.9. The van der Waals surface area contributed by atoms with Crippen LogP contribution in [0.2, 0.25) is 0 Å². The van der Waals surface area contributed by atoms with E-state index in [1.807, 2.05) is 0 Å². The second-order valence-electron chi connectivity index (χ2n) is 18.3. The van der Waals surface area contributed by atoms with Crippen LogP contribution in [0.15, 0.2) is 267 Å². The molecule has 3 heteroatoms. The predicted molar refractivity (Wildman–Crippen MR) is 289 cm³/mol. The maximum absolute atomic E-state index is 6.97. The summed E-state index contributed by atoms with van der Waals surface area (Å²) >= 11 is 0. The number of rotatable bonds is 6. The molecule has 3 heterocycles. The molecule has 12 aromatic rings. The Morgan fingerprint density at radius 2 is 0.743 bits per heavy atom. The van der Waals surface area contributed by atoms with Gasteiger partial charge >= 0.3 is 0 Å². The standard InChI is InChI=1S/C67H44N2O/c1-4-21-45(22-5-1)50-27-10-12-29-52(50)47-39-41-61-58(43-47)67(56-33-15-18-37-64(56)70-65-38-19-16-34-57(65)67)59-44-48(53-30-13-11-28-51(53)46-23-6-2-7-24-46)40-42-62(59)69(61)63-36-20-32-55-54-31-14-17-35-60(54)68(66(55)63)49-25-8-3-9-26-49/h1-44H. The Kier molecular flexibility index (Phi) is 9.11. The molecule has 70 heavy (non-hydrogen) atoms. The molecule has 328 valence electrons. The molecule has 11 aromatic carbocycles. The minimum absolute atomic E-state index is 0.817. The van der Waals surface area contributed by atoms with Gasteiger partial charge in [-0.1, -0.05) is 206 Å². The maximum atomic E-state index is 6.97. The largest absolute Gasteiger partial charge is 0.457 e. The van der Waals surface area contributed by atoms with Gasteiger partial charge in [0.15, 0.2) is 0 Å². The van der Waals surface area contributed by atoms with Crippen LogP contribution in [-0.4, -0.2) is 4.57 Å². The van der Waals surface area contributed by atoms with Gasteiger partial charge in [0.05, 0.1) is 33.5 Å². The molecule has 0 atom stereocenters. The molecule has 0 N–H and O–H groups in total. The highest BCUT2D eigenvalue weighted by molar-refractivity contribution is 6.15. The first-order chi connectivity index (χ1) is 34.8. The van der Waals surface area contributed by atoms with Gasteiger partial charge in [0.1, 0.15) is 11.5 Å². The fourth-order valence-electron chi connectivity index (χ4n) is 11.7. The van der Waals surface area contributed by atoms with Crippen molar-refractivity contribution in [2.75, 3.05) is 4.90 Å². The Labute approximate surface area is 407 Å². The number of fused-ring (bicyclic) bond motifs is 11. The highest BCUT2D eigenvalue weighted by atomic mass is 16.5. The third-order valence-electron chi connectivity index (χ3n) is 14.7. The number of para-hydroxylation sites is 5. The number of hydrogen-bond acceptors (Lipinski definition) is 2. The van der Waals surface area contributed by atoms with E-state index in [0.29, 0.717) is 0 Å². The molecule has 1 spiro atoms. The van der Waals surface area contributed by atoms with Crippen LogP contribution in [0.5, 0.6) is 11.5 Å². The first-order valence-corrected chi connectivity index (χ1v) is 24.1. The van der Waals surface area contributed by atoms with E-state index in [9.17, 15) is 0 Å². The minimum Gasteiger partial charge on any atom is -0.457 e. The fraction of sp³-hybridized carbons (Fsp3) is 0.0149. The van der Waals surface area contributed by atoms with Crippen molar-refractivity contribution in [1.82, 2.24) is 4.57 Å². The molecule has 3 nitrogen and oxygen atoms in total. The molecule has 0 radical (unpaired) electrons. The number of benzene rings is 11. The van der Waals surface area contributed by atoms with Crippen LogP contribution in [0.3, 0.4) is 0 Å². The number of anilines is 3. The highest BCUT2D eigenvalue weighted by Gasteiger charge is 2.52. The van der Waals surface area contributed by atoms with Crippen molar-refractivity contribution < 1.29 is 4.74 Å². The van der Waals surface area contributed by atoms with E-state index in [2.05, 4.69) is 276 Å². The Bertz CT molecular complexity index is 3800. The van der Waals surface area contributed by atoms with Crippen LogP contribution in [0.4, 0.5) is 17.1 Å². The number of nitrogens with zero attached hydrogens (tertiary/aromatic N) is 2. The van der Waals surface area contributed by atoms with Gasteiger partial charge in [-0.05, 0) is 116 Å². The van der Waals surface area contributed by atoms with E-state index in [4.69, 9.17) is 4.74 Å². The quantitative estimate of drug-likeness (QED) is 0.165. The van der Waals surface area contributed by atoms with Crippen LogP contribution in [-0.2, 0) is 5.41 Å². The summed E-state index contributed by atoms with van der Waals surface area (Å²) in [6.07, 6.45) is 0. The van der Waals surface area contributed by atoms with Crippen LogP contribution in [0.25, 0.3) is 72.0 Å². The third kappa shape index (κ3) is 5.95. The Morgan fingerprint density at radius 3 is 1.30 bits per heavy atom. The molecule has 2 aliphatic rings. The molecule has 0 bridgehead atoms. The Balaban J connectivity index is 1.15. The molecule has 0 saturated heterocycles. The zero-order valence-electron chi connectivity index (χ0n) is 38.2. The summed E-state index contributed by atoms with van der Waals surface area (Å²) in [6, 6.07) is 97.5. The molecule has 14 rings (SSSR count). The highest BCUT2D eigenvalue weighted by Crippen LogP contribution is 2.64. The average molecular weight is 893 g/mol. The van der Waals surface area contributed by atoms with Crippen molar-refractivity contribution in [3.05, 3.63) is 289 Å². The Morgan fingerprint density at radius 1 is 0.300 bits per heavy atom. The van der Waals surface area contributed by atoms with Crippen LogP contribution in [0, 0.1) is 0 Å². The lowest BCUT2D eigenvalue weighted by Crippen LogP contribution is -2.40. The summed E-state index contributed by atoms with van der Waals surface area (Å²) in [5, 5.41) is 2.41. The second kappa shape index (κ2) is 16.0. The number of ether oxygens (including phenoxy) is 1.